The number of hydrogen-bond donors (Lipinski definition) is 0. The average Bonchev–Trinajstić information content (AvgIpc) is 2.36. The first-order valence-electron chi connectivity index (χ1n) is 5.99. The lowest BCUT2D eigenvalue weighted by atomic mass is 10.1. The van der Waals surface area contributed by atoms with Gasteiger partial charge in [0, 0.05) is 6.54 Å². The molecule has 0 bridgehead atoms. The van der Waals surface area contributed by atoms with Crippen LogP contribution in [0.1, 0.15) is 18.1 Å². The Morgan fingerprint density at radius 3 is 2.35 bits per heavy atom. The molecule has 0 saturated carbocycles. The molecule has 1 aromatic rings. The zero-order chi connectivity index (χ0) is 12.7. The average molecular weight is 235 g/mol. The van der Waals surface area contributed by atoms with Crippen molar-refractivity contribution in [1.29, 1.82) is 0 Å². The van der Waals surface area contributed by atoms with Crippen molar-refractivity contribution in [1.82, 2.24) is 4.90 Å². The van der Waals surface area contributed by atoms with E-state index in [1.54, 1.807) is 0 Å². The molecule has 0 fully saturated rings. The van der Waals surface area contributed by atoms with Crippen LogP contribution in [0.4, 0.5) is 0 Å². The molecule has 0 saturated heterocycles. The predicted octanol–water partition coefficient (Wildman–Crippen LogP) is 1.90. The molecule has 0 aliphatic heterocycles. The van der Waals surface area contributed by atoms with E-state index in [1.807, 2.05) is 11.9 Å². The molecular formula is C14H21NO2. The Hall–Kier alpha value is -1.35. The highest BCUT2D eigenvalue weighted by atomic mass is 16.5. The number of benzene rings is 1. The number of methoxy groups -OCH3 is 1. The summed E-state index contributed by atoms with van der Waals surface area (Å²) in [5.74, 6) is -0.186. The predicted molar refractivity (Wildman–Crippen MR) is 69.0 cm³/mol. The fourth-order valence-electron chi connectivity index (χ4n) is 1.63. The van der Waals surface area contributed by atoms with Crippen molar-refractivity contribution in [2.45, 2.75) is 19.8 Å². The highest BCUT2D eigenvalue weighted by molar-refractivity contribution is 5.71. The number of rotatable bonds is 6. The van der Waals surface area contributed by atoms with Crippen LogP contribution in [0, 0.1) is 0 Å². The Balaban J connectivity index is 2.36. The molecule has 0 radical (unpaired) electrons. The lowest BCUT2D eigenvalue weighted by Gasteiger charge is -2.14. The molecule has 3 heteroatoms. The number of hydrogen-bond acceptors (Lipinski definition) is 3. The first-order valence-corrected chi connectivity index (χ1v) is 5.99. The molecule has 0 N–H and O–H groups in total. The van der Waals surface area contributed by atoms with Crippen LogP contribution in [0.25, 0.3) is 0 Å². The molecule has 3 nitrogen and oxygen atoms in total. The molecule has 1 rings (SSSR count). The van der Waals surface area contributed by atoms with E-state index < -0.39 is 0 Å². The number of aryl methyl sites for hydroxylation is 1. The maximum absolute atomic E-state index is 11.1. The van der Waals surface area contributed by atoms with Crippen LogP contribution < -0.4 is 0 Å². The van der Waals surface area contributed by atoms with Crippen molar-refractivity contribution in [3.63, 3.8) is 0 Å². The van der Waals surface area contributed by atoms with Crippen molar-refractivity contribution < 1.29 is 9.53 Å². The summed E-state index contributed by atoms with van der Waals surface area (Å²) in [5, 5.41) is 0. The van der Waals surface area contributed by atoms with Gasteiger partial charge in [-0.3, -0.25) is 9.69 Å². The summed E-state index contributed by atoms with van der Waals surface area (Å²) in [6.07, 6.45) is 2.03. The quantitative estimate of drug-likeness (QED) is 0.705. The SMILES string of the molecule is CCc1ccc(CCN(C)CC(=O)OC)cc1. The molecule has 0 aliphatic carbocycles. The lowest BCUT2D eigenvalue weighted by molar-refractivity contribution is -0.141. The zero-order valence-corrected chi connectivity index (χ0v) is 10.9. The van der Waals surface area contributed by atoms with Gasteiger partial charge >= 0.3 is 5.97 Å². The number of ether oxygens (including phenoxy) is 1. The molecule has 0 amide bonds. The van der Waals surface area contributed by atoms with Crippen molar-refractivity contribution in [3.8, 4) is 0 Å². The molecule has 0 unspecified atom stereocenters. The third kappa shape index (κ3) is 5.00. The van der Waals surface area contributed by atoms with Gasteiger partial charge in [-0.25, -0.2) is 0 Å². The van der Waals surface area contributed by atoms with Gasteiger partial charge in [-0.1, -0.05) is 31.2 Å². The van der Waals surface area contributed by atoms with Crippen LogP contribution in [-0.2, 0) is 22.4 Å². The van der Waals surface area contributed by atoms with Gasteiger partial charge in [-0.05, 0) is 31.0 Å². The molecule has 0 atom stereocenters. The molecular weight excluding hydrogens is 214 g/mol. The van der Waals surface area contributed by atoms with Gasteiger partial charge in [0.25, 0.3) is 0 Å². The molecule has 17 heavy (non-hydrogen) atoms. The fourth-order valence-corrected chi connectivity index (χ4v) is 1.63. The molecule has 0 aromatic heterocycles. The molecule has 94 valence electrons. The number of nitrogens with zero attached hydrogens (tertiary/aromatic N) is 1. The third-order valence-electron chi connectivity index (χ3n) is 2.84. The molecule has 0 spiro atoms. The van der Waals surface area contributed by atoms with Crippen LogP contribution in [0.5, 0.6) is 0 Å². The van der Waals surface area contributed by atoms with Crippen LogP contribution in [0.2, 0.25) is 0 Å². The van der Waals surface area contributed by atoms with Gasteiger partial charge in [0.15, 0.2) is 0 Å². The summed E-state index contributed by atoms with van der Waals surface area (Å²) in [7, 11) is 3.34. The Bertz CT molecular complexity index is 346. The highest BCUT2D eigenvalue weighted by Crippen LogP contribution is 2.06. The molecule has 0 heterocycles. The van der Waals surface area contributed by atoms with Crippen LogP contribution >= 0.6 is 0 Å². The van der Waals surface area contributed by atoms with Crippen molar-refractivity contribution >= 4 is 5.97 Å². The van der Waals surface area contributed by atoms with E-state index in [-0.39, 0.29) is 5.97 Å². The number of likely N-dealkylation sites (N-methyl/N-ethyl adjacent to an activating group) is 1. The number of carbonyl (C=O) groups is 1. The van der Waals surface area contributed by atoms with Crippen LogP contribution in [-0.4, -0.2) is 38.1 Å². The Morgan fingerprint density at radius 1 is 1.24 bits per heavy atom. The maximum atomic E-state index is 11.1. The maximum Gasteiger partial charge on any atom is 0.319 e. The van der Waals surface area contributed by atoms with Gasteiger partial charge in [-0.2, -0.15) is 0 Å². The summed E-state index contributed by atoms with van der Waals surface area (Å²) in [5.41, 5.74) is 2.66. The first kappa shape index (κ1) is 13.7. The first-order chi connectivity index (χ1) is 8.15. The van der Waals surface area contributed by atoms with Crippen molar-refractivity contribution in [2.24, 2.45) is 0 Å². The summed E-state index contributed by atoms with van der Waals surface area (Å²) in [6, 6.07) is 8.64. The Morgan fingerprint density at radius 2 is 1.82 bits per heavy atom. The van der Waals surface area contributed by atoms with Gasteiger partial charge in [0.2, 0.25) is 0 Å². The van der Waals surface area contributed by atoms with Crippen molar-refractivity contribution in [3.05, 3.63) is 35.4 Å². The Labute approximate surface area is 103 Å². The number of esters is 1. The minimum atomic E-state index is -0.186. The second kappa shape index (κ2) is 7.07. The standard InChI is InChI=1S/C14H21NO2/c1-4-12-5-7-13(8-6-12)9-10-15(2)11-14(16)17-3/h5-8H,4,9-11H2,1-3H3. The van der Waals surface area contributed by atoms with E-state index in [4.69, 9.17) is 0 Å². The van der Waals surface area contributed by atoms with Crippen LogP contribution in [0.3, 0.4) is 0 Å². The van der Waals surface area contributed by atoms with E-state index in [9.17, 15) is 4.79 Å². The monoisotopic (exact) mass is 235 g/mol. The van der Waals surface area contributed by atoms with Gasteiger partial charge in [0.05, 0.1) is 13.7 Å². The van der Waals surface area contributed by atoms with Crippen molar-refractivity contribution in [2.75, 3.05) is 27.2 Å². The minimum Gasteiger partial charge on any atom is -0.468 e. The molecule has 0 aliphatic rings. The molecule has 1 aromatic carbocycles. The van der Waals surface area contributed by atoms with Gasteiger partial charge < -0.3 is 4.74 Å². The minimum absolute atomic E-state index is 0.186. The highest BCUT2D eigenvalue weighted by Gasteiger charge is 2.05. The topological polar surface area (TPSA) is 29.5 Å². The summed E-state index contributed by atoms with van der Waals surface area (Å²) < 4.78 is 4.62. The van der Waals surface area contributed by atoms with Gasteiger partial charge in [0.1, 0.15) is 0 Å². The second-order valence-electron chi connectivity index (χ2n) is 4.23. The van der Waals surface area contributed by atoms with Gasteiger partial charge in [-0.15, -0.1) is 0 Å². The van der Waals surface area contributed by atoms with E-state index in [0.717, 1.165) is 19.4 Å². The second-order valence-corrected chi connectivity index (χ2v) is 4.23. The largest absolute Gasteiger partial charge is 0.468 e. The summed E-state index contributed by atoms with van der Waals surface area (Å²) in [4.78, 5) is 13.0. The van der Waals surface area contributed by atoms with E-state index in [2.05, 4.69) is 35.9 Å². The van der Waals surface area contributed by atoms with E-state index in [1.165, 1.54) is 18.2 Å². The fraction of sp³-hybridized carbons (Fsp3) is 0.500. The third-order valence-corrected chi connectivity index (χ3v) is 2.84. The smallest absolute Gasteiger partial charge is 0.319 e. The zero-order valence-electron chi connectivity index (χ0n) is 10.9. The van der Waals surface area contributed by atoms with Crippen LogP contribution in [0.15, 0.2) is 24.3 Å². The van der Waals surface area contributed by atoms with E-state index in [0.29, 0.717) is 6.54 Å². The van der Waals surface area contributed by atoms with E-state index >= 15 is 0 Å². The normalized spacial score (nSPS) is 10.6. The lowest BCUT2D eigenvalue weighted by Crippen LogP contribution is -2.28. The number of carbonyl (C=O) groups excluding carboxylic acids is 1. The Kier molecular flexibility index (Phi) is 5.70. The summed E-state index contributed by atoms with van der Waals surface area (Å²) in [6.45, 7) is 3.36. The summed E-state index contributed by atoms with van der Waals surface area (Å²) >= 11 is 0.